The fraction of sp³-hybridized carbons (Fsp3) is 0. The zero-order chi connectivity index (χ0) is 16.1. The van der Waals surface area contributed by atoms with Crippen LogP contribution in [0.3, 0.4) is 0 Å². The quantitative estimate of drug-likeness (QED) is 0.342. The molecular formula is C23H13N. The van der Waals surface area contributed by atoms with Gasteiger partial charge in [-0.2, -0.15) is 5.26 Å². The Kier molecular flexibility index (Phi) is 2.63. The van der Waals surface area contributed by atoms with Crippen LogP contribution in [0.2, 0.25) is 0 Å². The van der Waals surface area contributed by atoms with Crippen molar-refractivity contribution in [2.24, 2.45) is 0 Å². The largest absolute Gasteiger partial charge is 0.192 e. The fourth-order valence-corrected chi connectivity index (χ4v) is 3.66. The van der Waals surface area contributed by atoms with Crippen LogP contribution < -0.4 is 0 Å². The lowest BCUT2D eigenvalue weighted by atomic mass is 9.91. The van der Waals surface area contributed by atoms with Gasteiger partial charge < -0.3 is 0 Å². The van der Waals surface area contributed by atoms with Gasteiger partial charge in [0.25, 0.3) is 0 Å². The van der Waals surface area contributed by atoms with Gasteiger partial charge in [-0.25, -0.2) is 0 Å². The van der Waals surface area contributed by atoms with Gasteiger partial charge in [-0.1, -0.05) is 54.6 Å². The van der Waals surface area contributed by atoms with E-state index in [4.69, 9.17) is 5.26 Å². The number of nitrogens with zero attached hydrogens (tertiary/aromatic N) is 1. The summed E-state index contributed by atoms with van der Waals surface area (Å²) in [7, 11) is 0. The molecule has 1 nitrogen and oxygen atoms in total. The van der Waals surface area contributed by atoms with Crippen LogP contribution in [-0.4, -0.2) is 0 Å². The second-order valence-electron chi connectivity index (χ2n) is 6.20. The van der Waals surface area contributed by atoms with E-state index in [0.717, 1.165) is 5.56 Å². The van der Waals surface area contributed by atoms with Gasteiger partial charge in [0.2, 0.25) is 0 Å². The predicted molar refractivity (Wildman–Crippen MR) is 100 cm³/mol. The Labute approximate surface area is 139 Å². The molecule has 5 rings (SSSR count). The van der Waals surface area contributed by atoms with Gasteiger partial charge in [0, 0.05) is 0 Å². The van der Waals surface area contributed by atoms with Crippen LogP contribution in [-0.2, 0) is 0 Å². The SMILES string of the molecule is N#Cc1ccc(-c2cc3ccc4cccc5ccc(c2)c3c45)cc1. The second kappa shape index (κ2) is 4.81. The summed E-state index contributed by atoms with van der Waals surface area (Å²) in [6.07, 6.45) is 0. The zero-order valence-electron chi connectivity index (χ0n) is 13.0. The van der Waals surface area contributed by atoms with E-state index in [2.05, 4.69) is 60.7 Å². The summed E-state index contributed by atoms with van der Waals surface area (Å²) < 4.78 is 0. The molecule has 0 N–H and O–H groups in total. The van der Waals surface area contributed by atoms with Gasteiger partial charge in [0.15, 0.2) is 0 Å². The molecule has 0 aliphatic rings. The maximum atomic E-state index is 8.97. The lowest BCUT2D eigenvalue weighted by Gasteiger charge is -2.12. The third-order valence-electron chi connectivity index (χ3n) is 4.81. The Morgan fingerprint density at radius 3 is 1.67 bits per heavy atom. The molecule has 0 saturated carbocycles. The molecule has 0 radical (unpaired) electrons. The van der Waals surface area contributed by atoms with Crippen molar-refractivity contribution in [2.75, 3.05) is 0 Å². The van der Waals surface area contributed by atoms with Crippen molar-refractivity contribution >= 4 is 32.3 Å². The first kappa shape index (κ1) is 13.1. The van der Waals surface area contributed by atoms with E-state index in [1.807, 2.05) is 24.3 Å². The standard InChI is InChI=1S/C23H13N/c24-14-15-4-6-16(7-5-15)21-12-19-10-8-17-2-1-3-18-9-11-20(13-21)23(19)22(17)18/h1-13H. The molecule has 0 amide bonds. The molecule has 0 aliphatic carbocycles. The van der Waals surface area contributed by atoms with Crippen LogP contribution in [0.5, 0.6) is 0 Å². The molecule has 0 unspecified atom stereocenters. The van der Waals surface area contributed by atoms with Crippen LogP contribution in [0.25, 0.3) is 43.4 Å². The summed E-state index contributed by atoms with van der Waals surface area (Å²) in [5, 5.41) is 16.8. The first-order valence-corrected chi connectivity index (χ1v) is 8.02. The van der Waals surface area contributed by atoms with Crippen LogP contribution >= 0.6 is 0 Å². The molecule has 0 atom stereocenters. The normalized spacial score (nSPS) is 11.3. The van der Waals surface area contributed by atoms with E-state index in [1.54, 1.807) is 0 Å². The van der Waals surface area contributed by atoms with Crippen molar-refractivity contribution in [3.05, 3.63) is 84.4 Å². The zero-order valence-corrected chi connectivity index (χ0v) is 13.0. The first-order chi connectivity index (χ1) is 11.8. The number of hydrogen-bond donors (Lipinski definition) is 0. The summed E-state index contributed by atoms with van der Waals surface area (Å²) in [5.41, 5.74) is 3.02. The summed E-state index contributed by atoms with van der Waals surface area (Å²) >= 11 is 0. The predicted octanol–water partition coefficient (Wildman–Crippen LogP) is 6.12. The Morgan fingerprint density at radius 2 is 1.08 bits per heavy atom. The van der Waals surface area contributed by atoms with Crippen molar-refractivity contribution in [1.29, 1.82) is 5.26 Å². The van der Waals surface area contributed by atoms with Crippen LogP contribution in [0.1, 0.15) is 5.56 Å². The third-order valence-corrected chi connectivity index (χ3v) is 4.81. The average Bonchev–Trinajstić information content (AvgIpc) is 2.66. The van der Waals surface area contributed by atoms with Crippen molar-refractivity contribution in [3.63, 3.8) is 0 Å². The van der Waals surface area contributed by atoms with Gasteiger partial charge in [-0.05, 0) is 67.7 Å². The van der Waals surface area contributed by atoms with E-state index < -0.39 is 0 Å². The summed E-state index contributed by atoms with van der Waals surface area (Å²) in [6.45, 7) is 0. The molecule has 5 aromatic rings. The Bertz CT molecular complexity index is 1180. The molecule has 5 aromatic carbocycles. The molecule has 0 spiro atoms. The molecular weight excluding hydrogens is 290 g/mol. The summed E-state index contributed by atoms with van der Waals surface area (Å²) in [5.74, 6) is 0. The smallest absolute Gasteiger partial charge is 0.0991 e. The molecule has 24 heavy (non-hydrogen) atoms. The molecule has 1 heteroatoms. The maximum absolute atomic E-state index is 8.97. The van der Waals surface area contributed by atoms with Gasteiger partial charge in [-0.15, -0.1) is 0 Å². The van der Waals surface area contributed by atoms with Gasteiger partial charge >= 0.3 is 0 Å². The lowest BCUT2D eigenvalue weighted by Crippen LogP contribution is -1.86. The molecule has 110 valence electrons. The lowest BCUT2D eigenvalue weighted by molar-refractivity contribution is 1.48. The highest BCUT2D eigenvalue weighted by Gasteiger charge is 2.09. The highest BCUT2D eigenvalue weighted by atomic mass is 14.2. The minimum Gasteiger partial charge on any atom is -0.192 e. The van der Waals surface area contributed by atoms with Crippen LogP contribution in [0.4, 0.5) is 0 Å². The Balaban J connectivity index is 1.84. The van der Waals surface area contributed by atoms with E-state index >= 15 is 0 Å². The van der Waals surface area contributed by atoms with Crippen molar-refractivity contribution < 1.29 is 0 Å². The van der Waals surface area contributed by atoms with E-state index in [1.165, 1.54) is 37.9 Å². The molecule has 0 heterocycles. The van der Waals surface area contributed by atoms with Gasteiger partial charge in [0.05, 0.1) is 11.6 Å². The van der Waals surface area contributed by atoms with Crippen LogP contribution in [0, 0.1) is 11.3 Å². The van der Waals surface area contributed by atoms with Crippen molar-refractivity contribution in [3.8, 4) is 17.2 Å². The molecule has 0 aliphatic heterocycles. The highest BCUT2D eigenvalue weighted by Crippen LogP contribution is 2.37. The van der Waals surface area contributed by atoms with Crippen LogP contribution in [0.15, 0.2) is 78.9 Å². The molecule has 0 saturated heterocycles. The first-order valence-electron chi connectivity index (χ1n) is 8.02. The van der Waals surface area contributed by atoms with E-state index in [-0.39, 0.29) is 0 Å². The van der Waals surface area contributed by atoms with Crippen molar-refractivity contribution in [2.45, 2.75) is 0 Å². The molecule has 0 fully saturated rings. The number of nitriles is 1. The van der Waals surface area contributed by atoms with Gasteiger partial charge in [0.1, 0.15) is 0 Å². The maximum Gasteiger partial charge on any atom is 0.0991 e. The molecule has 0 aromatic heterocycles. The minimum absolute atomic E-state index is 0.691. The topological polar surface area (TPSA) is 23.8 Å². The minimum atomic E-state index is 0.691. The fourth-order valence-electron chi connectivity index (χ4n) is 3.66. The number of benzene rings is 5. The highest BCUT2D eigenvalue weighted by molar-refractivity contribution is 6.23. The second-order valence-corrected chi connectivity index (χ2v) is 6.20. The number of hydrogen-bond acceptors (Lipinski definition) is 1. The Hall–Kier alpha value is -3.37. The van der Waals surface area contributed by atoms with Gasteiger partial charge in [-0.3, -0.25) is 0 Å². The summed E-state index contributed by atoms with van der Waals surface area (Å²) in [4.78, 5) is 0. The number of rotatable bonds is 1. The monoisotopic (exact) mass is 303 g/mol. The third kappa shape index (κ3) is 1.81. The Morgan fingerprint density at radius 1 is 0.542 bits per heavy atom. The average molecular weight is 303 g/mol. The summed E-state index contributed by atoms with van der Waals surface area (Å²) in [6, 6.07) is 29.7. The van der Waals surface area contributed by atoms with Crippen molar-refractivity contribution in [1.82, 2.24) is 0 Å². The van der Waals surface area contributed by atoms with E-state index in [9.17, 15) is 0 Å². The molecule has 0 bridgehead atoms. The van der Waals surface area contributed by atoms with E-state index in [0.29, 0.717) is 5.56 Å².